The second-order valence-electron chi connectivity index (χ2n) is 5.00. The van der Waals surface area contributed by atoms with Crippen LogP contribution >= 0.6 is 0 Å². The molecule has 0 radical (unpaired) electrons. The van der Waals surface area contributed by atoms with Gasteiger partial charge in [-0.15, -0.1) is 0 Å². The van der Waals surface area contributed by atoms with E-state index in [9.17, 15) is 14.4 Å². The Morgan fingerprint density at radius 1 is 1.12 bits per heavy atom. The Kier molecular flexibility index (Phi) is 4.64. The monoisotopic (exact) mass is 333 g/mol. The van der Waals surface area contributed by atoms with Crippen LogP contribution in [-0.4, -0.2) is 55.8 Å². The van der Waals surface area contributed by atoms with Crippen LogP contribution in [0.3, 0.4) is 0 Å². The number of ether oxygens (including phenoxy) is 4. The second kappa shape index (κ2) is 7.03. The fourth-order valence-corrected chi connectivity index (χ4v) is 2.21. The highest BCUT2D eigenvalue weighted by molar-refractivity contribution is 5.95. The van der Waals surface area contributed by atoms with Gasteiger partial charge in [-0.2, -0.15) is 0 Å². The molecule has 2 heterocycles. The third-order valence-electron chi connectivity index (χ3n) is 3.38. The highest BCUT2D eigenvalue weighted by Crippen LogP contribution is 2.31. The third-order valence-corrected chi connectivity index (χ3v) is 3.38. The lowest BCUT2D eigenvalue weighted by Crippen LogP contribution is -2.35. The van der Waals surface area contributed by atoms with Crippen molar-refractivity contribution in [2.24, 2.45) is 0 Å². The molecule has 0 unspecified atom stereocenters. The largest absolute Gasteiger partial charge is 0.486 e. The Balaban J connectivity index is 1.52. The number of hydrogen-bond acceptors (Lipinski definition) is 7. The summed E-state index contributed by atoms with van der Waals surface area (Å²) in [6, 6.07) is 5.26. The summed E-state index contributed by atoms with van der Waals surface area (Å²) in [7, 11) is 0. The van der Waals surface area contributed by atoms with Crippen molar-refractivity contribution < 1.29 is 33.3 Å². The minimum absolute atomic E-state index is 0.155. The van der Waals surface area contributed by atoms with Gasteiger partial charge in [-0.05, 0) is 23.8 Å². The van der Waals surface area contributed by atoms with Crippen molar-refractivity contribution in [1.29, 1.82) is 0 Å². The number of hydrogen-bond donors (Lipinski definition) is 0. The van der Waals surface area contributed by atoms with Gasteiger partial charge >= 0.3 is 12.1 Å². The first-order chi connectivity index (χ1) is 11.6. The molecule has 2 aliphatic heterocycles. The first kappa shape index (κ1) is 15.9. The summed E-state index contributed by atoms with van der Waals surface area (Å²) in [6.07, 6.45) is 2.01. The Hall–Kier alpha value is -3.03. The van der Waals surface area contributed by atoms with E-state index < -0.39 is 24.6 Å². The predicted octanol–water partition coefficient (Wildman–Crippen LogP) is 0.993. The van der Waals surface area contributed by atoms with Crippen molar-refractivity contribution in [2.45, 2.75) is 0 Å². The summed E-state index contributed by atoms with van der Waals surface area (Å²) in [5, 5.41) is 0. The van der Waals surface area contributed by atoms with Crippen LogP contribution in [0.5, 0.6) is 11.5 Å². The molecule has 2 aliphatic rings. The Morgan fingerprint density at radius 3 is 2.67 bits per heavy atom. The minimum atomic E-state index is -0.720. The molecule has 1 saturated heterocycles. The van der Waals surface area contributed by atoms with Gasteiger partial charge in [0.25, 0.3) is 5.91 Å². The summed E-state index contributed by atoms with van der Waals surface area (Å²) in [6.45, 7) is 0.792. The summed E-state index contributed by atoms with van der Waals surface area (Å²) in [5.41, 5.74) is 0.727. The second-order valence-corrected chi connectivity index (χ2v) is 5.00. The number of imide groups is 1. The highest BCUT2D eigenvalue weighted by atomic mass is 16.6. The minimum Gasteiger partial charge on any atom is -0.486 e. The van der Waals surface area contributed by atoms with E-state index in [2.05, 4.69) is 4.74 Å². The van der Waals surface area contributed by atoms with E-state index >= 15 is 0 Å². The lowest BCUT2D eigenvalue weighted by atomic mass is 10.2. The number of cyclic esters (lactones) is 1. The molecule has 2 amide bonds. The van der Waals surface area contributed by atoms with Crippen LogP contribution in [0.4, 0.5) is 4.79 Å². The number of carbonyl (C=O) groups excluding carboxylic acids is 3. The lowest BCUT2D eigenvalue weighted by molar-refractivity contribution is -0.146. The third kappa shape index (κ3) is 3.65. The molecule has 0 aromatic heterocycles. The van der Waals surface area contributed by atoms with Gasteiger partial charge in [-0.25, -0.2) is 14.5 Å². The molecule has 8 nitrogen and oxygen atoms in total. The first-order valence-electron chi connectivity index (χ1n) is 7.35. The van der Waals surface area contributed by atoms with Crippen LogP contribution in [0, 0.1) is 0 Å². The van der Waals surface area contributed by atoms with Gasteiger partial charge in [0.1, 0.15) is 19.8 Å². The van der Waals surface area contributed by atoms with Crippen LogP contribution in [0.2, 0.25) is 0 Å². The normalized spacial score (nSPS) is 16.2. The van der Waals surface area contributed by atoms with E-state index in [4.69, 9.17) is 14.2 Å². The summed E-state index contributed by atoms with van der Waals surface area (Å²) in [5.74, 6) is -0.0343. The molecular weight excluding hydrogens is 318 g/mol. The van der Waals surface area contributed by atoms with Gasteiger partial charge in [0.15, 0.2) is 18.1 Å². The van der Waals surface area contributed by atoms with Crippen LogP contribution in [0.15, 0.2) is 24.3 Å². The fourth-order valence-electron chi connectivity index (χ4n) is 2.21. The Morgan fingerprint density at radius 2 is 1.92 bits per heavy atom. The zero-order chi connectivity index (χ0) is 16.9. The molecule has 1 aromatic rings. The number of nitrogens with zero attached hydrogens (tertiary/aromatic N) is 1. The van der Waals surface area contributed by atoms with E-state index in [-0.39, 0.29) is 13.2 Å². The van der Waals surface area contributed by atoms with Gasteiger partial charge in [0.05, 0.1) is 6.54 Å². The average Bonchev–Trinajstić information content (AvgIpc) is 3.03. The van der Waals surface area contributed by atoms with Crippen LogP contribution in [0.1, 0.15) is 5.56 Å². The average molecular weight is 333 g/mol. The quantitative estimate of drug-likeness (QED) is 0.599. The molecule has 0 saturated carbocycles. The number of carbonyl (C=O) groups is 3. The van der Waals surface area contributed by atoms with E-state index in [0.29, 0.717) is 24.7 Å². The van der Waals surface area contributed by atoms with Crippen LogP contribution in [-0.2, 0) is 19.1 Å². The molecule has 126 valence electrons. The maximum Gasteiger partial charge on any atom is 0.416 e. The summed E-state index contributed by atoms with van der Waals surface area (Å²) < 4.78 is 20.3. The van der Waals surface area contributed by atoms with E-state index in [1.807, 2.05) is 0 Å². The maximum absolute atomic E-state index is 11.7. The molecule has 8 heteroatoms. The number of benzene rings is 1. The van der Waals surface area contributed by atoms with Gasteiger partial charge < -0.3 is 18.9 Å². The van der Waals surface area contributed by atoms with Crippen molar-refractivity contribution >= 4 is 24.0 Å². The predicted molar refractivity (Wildman–Crippen MR) is 80.5 cm³/mol. The first-order valence-corrected chi connectivity index (χ1v) is 7.35. The van der Waals surface area contributed by atoms with E-state index in [1.54, 1.807) is 18.2 Å². The molecule has 1 fully saturated rings. The maximum atomic E-state index is 11.7. The van der Waals surface area contributed by atoms with Crippen molar-refractivity contribution in [1.82, 2.24) is 4.90 Å². The smallest absolute Gasteiger partial charge is 0.416 e. The molecule has 1 aromatic carbocycles. The van der Waals surface area contributed by atoms with Crippen molar-refractivity contribution in [2.75, 3.05) is 33.0 Å². The fraction of sp³-hybridized carbons (Fsp3) is 0.312. The Labute approximate surface area is 137 Å². The van der Waals surface area contributed by atoms with Gasteiger partial charge in [0.2, 0.25) is 0 Å². The SMILES string of the molecule is O=C(/C=C/c1ccc2c(c1)OCCO2)OCC(=O)N1CCOC1=O. The molecule has 0 spiro atoms. The number of rotatable bonds is 4. The standard InChI is InChI=1S/C16H15NO7/c18-14(17-5-6-23-16(17)20)10-24-15(19)4-2-11-1-3-12-13(9-11)22-8-7-21-12/h1-4,9H,5-8,10H2/b4-2+. The van der Waals surface area contributed by atoms with Gasteiger partial charge in [-0.1, -0.05) is 6.07 Å². The van der Waals surface area contributed by atoms with Gasteiger partial charge in [-0.3, -0.25) is 4.79 Å². The zero-order valence-electron chi connectivity index (χ0n) is 12.7. The van der Waals surface area contributed by atoms with Gasteiger partial charge in [0, 0.05) is 6.08 Å². The van der Waals surface area contributed by atoms with Crippen molar-refractivity contribution in [3.63, 3.8) is 0 Å². The number of amides is 2. The Bertz CT molecular complexity index is 698. The van der Waals surface area contributed by atoms with Crippen molar-refractivity contribution in [3.8, 4) is 11.5 Å². The highest BCUT2D eigenvalue weighted by Gasteiger charge is 2.28. The molecule has 0 atom stereocenters. The number of esters is 1. The van der Waals surface area contributed by atoms with Crippen LogP contribution < -0.4 is 9.47 Å². The van der Waals surface area contributed by atoms with Crippen LogP contribution in [0.25, 0.3) is 6.08 Å². The summed E-state index contributed by atoms with van der Waals surface area (Å²) in [4.78, 5) is 35.4. The van der Waals surface area contributed by atoms with Crippen molar-refractivity contribution in [3.05, 3.63) is 29.8 Å². The molecule has 3 rings (SSSR count). The lowest BCUT2D eigenvalue weighted by Gasteiger charge is -2.18. The molecule has 24 heavy (non-hydrogen) atoms. The van der Waals surface area contributed by atoms with E-state index in [1.165, 1.54) is 12.2 Å². The zero-order valence-corrected chi connectivity index (χ0v) is 12.7. The number of fused-ring (bicyclic) bond motifs is 1. The van der Waals surface area contributed by atoms with E-state index in [0.717, 1.165) is 10.5 Å². The summed E-state index contributed by atoms with van der Waals surface area (Å²) >= 11 is 0. The molecule has 0 bridgehead atoms. The molecular formula is C16H15NO7. The molecule has 0 aliphatic carbocycles. The molecule has 0 N–H and O–H groups in total. The topological polar surface area (TPSA) is 91.4 Å².